The molecule has 4 aromatic rings. The molecular weight excluding hydrogens is 501 g/mol. The summed E-state index contributed by atoms with van der Waals surface area (Å²) in [5.74, 6) is -1.21. The number of carboxylic acid groups (broad SMARTS) is 1. The molecular formula is C26H25F3N6O3. The normalized spacial score (nSPS) is 13.3. The minimum Gasteiger partial charge on any atom is -0.475 e. The van der Waals surface area contributed by atoms with Crippen molar-refractivity contribution in [2.45, 2.75) is 6.18 Å². The van der Waals surface area contributed by atoms with E-state index in [4.69, 9.17) is 14.6 Å². The van der Waals surface area contributed by atoms with Gasteiger partial charge in [0, 0.05) is 48.0 Å². The maximum absolute atomic E-state index is 10.6. The Balaban J connectivity index is 0.000000426. The van der Waals surface area contributed by atoms with Gasteiger partial charge in [-0.1, -0.05) is 18.2 Å². The van der Waals surface area contributed by atoms with Crippen molar-refractivity contribution in [2.24, 2.45) is 0 Å². The number of aromatic nitrogens is 3. The average molecular weight is 527 g/mol. The Bertz CT molecular complexity index is 1320. The second-order valence-electron chi connectivity index (χ2n) is 8.16. The fourth-order valence-corrected chi connectivity index (χ4v) is 3.59. The number of benzene rings is 2. The van der Waals surface area contributed by atoms with Gasteiger partial charge < -0.3 is 25.4 Å². The number of H-pyrrole nitrogens is 1. The van der Waals surface area contributed by atoms with Gasteiger partial charge >= 0.3 is 12.1 Å². The maximum Gasteiger partial charge on any atom is 0.490 e. The van der Waals surface area contributed by atoms with Gasteiger partial charge in [-0.3, -0.25) is 5.10 Å². The van der Waals surface area contributed by atoms with E-state index in [1.165, 1.54) is 5.69 Å². The van der Waals surface area contributed by atoms with Gasteiger partial charge in [-0.15, -0.1) is 0 Å². The van der Waals surface area contributed by atoms with Gasteiger partial charge in [0.1, 0.15) is 5.82 Å². The molecule has 198 valence electrons. The van der Waals surface area contributed by atoms with Crippen LogP contribution in [0.5, 0.6) is 0 Å². The van der Waals surface area contributed by atoms with Crippen molar-refractivity contribution in [3.05, 3.63) is 79.0 Å². The van der Waals surface area contributed by atoms with Crippen LogP contribution in [0.15, 0.2) is 79.0 Å². The maximum atomic E-state index is 10.6. The number of rotatable bonds is 6. The molecule has 0 radical (unpaired) electrons. The smallest absolute Gasteiger partial charge is 0.475 e. The van der Waals surface area contributed by atoms with Gasteiger partial charge in [-0.05, 0) is 48.5 Å². The number of nitrogens with zero attached hydrogens (tertiary/aromatic N) is 3. The highest BCUT2D eigenvalue weighted by Crippen LogP contribution is 2.26. The Labute approximate surface area is 216 Å². The van der Waals surface area contributed by atoms with Crippen LogP contribution in [0.4, 0.5) is 41.9 Å². The van der Waals surface area contributed by atoms with Crippen LogP contribution >= 0.6 is 0 Å². The number of hydrogen-bond donors (Lipinski definition) is 4. The summed E-state index contributed by atoms with van der Waals surface area (Å²) in [6.07, 6.45) is -3.29. The molecule has 0 bridgehead atoms. The molecule has 0 saturated carbocycles. The second-order valence-corrected chi connectivity index (χ2v) is 8.16. The average Bonchev–Trinajstić information content (AvgIpc) is 3.39. The number of aliphatic carboxylic acids is 1. The number of para-hydroxylation sites is 1. The lowest BCUT2D eigenvalue weighted by molar-refractivity contribution is -0.192. The molecule has 1 aliphatic rings. The molecule has 1 fully saturated rings. The summed E-state index contributed by atoms with van der Waals surface area (Å²) in [5.41, 5.74) is 5.14. The molecule has 0 atom stereocenters. The van der Waals surface area contributed by atoms with E-state index in [9.17, 15) is 13.2 Å². The monoisotopic (exact) mass is 526 g/mol. The molecule has 12 heteroatoms. The molecule has 0 unspecified atom stereocenters. The van der Waals surface area contributed by atoms with Gasteiger partial charge in [0.05, 0.1) is 18.9 Å². The highest BCUT2D eigenvalue weighted by Gasteiger charge is 2.38. The fourth-order valence-electron chi connectivity index (χ4n) is 3.59. The van der Waals surface area contributed by atoms with Gasteiger partial charge in [0.2, 0.25) is 0 Å². The highest BCUT2D eigenvalue weighted by molar-refractivity contribution is 5.73. The summed E-state index contributed by atoms with van der Waals surface area (Å²) in [7, 11) is 0. The molecule has 2 aromatic heterocycles. The van der Waals surface area contributed by atoms with Crippen molar-refractivity contribution in [1.82, 2.24) is 15.2 Å². The predicted molar refractivity (Wildman–Crippen MR) is 138 cm³/mol. The Morgan fingerprint density at radius 1 is 0.921 bits per heavy atom. The van der Waals surface area contributed by atoms with E-state index in [-0.39, 0.29) is 0 Å². The van der Waals surface area contributed by atoms with Crippen LogP contribution in [-0.2, 0) is 9.53 Å². The standard InChI is InChI=1S/C24H24N6O.C2HF3O2/c1-2-4-19(5-3-1)27-24-17-22(28-29-24)18-10-11-25-23(16-18)26-20-6-8-21(9-7-20)30-12-14-31-15-13-30;3-2(4,5)1(6)7/h1-11,16-17H,12-15H2,(H,25,26)(H2,27,28,29);(H,6,7). The lowest BCUT2D eigenvalue weighted by Crippen LogP contribution is -2.36. The Hall–Kier alpha value is -4.58. The van der Waals surface area contributed by atoms with Crippen molar-refractivity contribution in [3.63, 3.8) is 0 Å². The van der Waals surface area contributed by atoms with Crippen molar-refractivity contribution in [2.75, 3.05) is 41.8 Å². The molecule has 0 aliphatic carbocycles. The molecule has 1 saturated heterocycles. The molecule has 3 heterocycles. The molecule has 0 amide bonds. The van der Waals surface area contributed by atoms with Gasteiger partial charge in [0.25, 0.3) is 0 Å². The molecule has 1 aliphatic heterocycles. The van der Waals surface area contributed by atoms with E-state index < -0.39 is 12.1 Å². The first kappa shape index (κ1) is 26.5. The van der Waals surface area contributed by atoms with Crippen LogP contribution in [0, 0.1) is 0 Å². The minimum atomic E-state index is -5.08. The number of aromatic amines is 1. The zero-order valence-corrected chi connectivity index (χ0v) is 20.1. The lowest BCUT2D eigenvalue weighted by Gasteiger charge is -2.28. The van der Waals surface area contributed by atoms with Crippen LogP contribution in [0.1, 0.15) is 0 Å². The van der Waals surface area contributed by atoms with E-state index in [0.29, 0.717) is 0 Å². The van der Waals surface area contributed by atoms with Gasteiger partial charge in [-0.2, -0.15) is 18.3 Å². The third-order valence-electron chi connectivity index (χ3n) is 5.45. The molecule has 0 spiro atoms. The summed E-state index contributed by atoms with van der Waals surface area (Å²) in [5, 5.41) is 21.3. The zero-order chi connectivity index (χ0) is 27.0. The summed E-state index contributed by atoms with van der Waals surface area (Å²) < 4.78 is 37.2. The lowest BCUT2D eigenvalue weighted by atomic mass is 10.2. The Morgan fingerprint density at radius 3 is 2.21 bits per heavy atom. The largest absolute Gasteiger partial charge is 0.490 e. The first-order chi connectivity index (χ1) is 18.3. The number of anilines is 5. The molecule has 38 heavy (non-hydrogen) atoms. The second kappa shape index (κ2) is 12.1. The molecule has 5 rings (SSSR count). The SMILES string of the molecule is O=C(O)C(F)(F)F.c1ccc(Nc2cc(-c3ccnc(Nc4ccc(N5CCOCC5)cc4)c3)[nH]n2)cc1. The van der Waals surface area contributed by atoms with Crippen LogP contribution in [0.2, 0.25) is 0 Å². The van der Waals surface area contributed by atoms with E-state index in [1.807, 2.05) is 48.5 Å². The number of carboxylic acids is 1. The summed E-state index contributed by atoms with van der Waals surface area (Å²) in [4.78, 5) is 15.7. The molecule has 9 nitrogen and oxygen atoms in total. The van der Waals surface area contributed by atoms with Crippen LogP contribution in [0.25, 0.3) is 11.3 Å². The number of carbonyl (C=O) groups is 1. The summed E-state index contributed by atoms with van der Waals surface area (Å²) in [6.45, 7) is 3.43. The first-order valence-corrected chi connectivity index (χ1v) is 11.6. The summed E-state index contributed by atoms with van der Waals surface area (Å²) in [6, 6.07) is 24.4. The third-order valence-corrected chi connectivity index (χ3v) is 5.45. The number of morpholine rings is 1. The van der Waals surface area contributed by atoms with Crippen LogP contribution < -0.4 is 15.5 Å². The molecule has 2 aromatic carbocycles. The number of halogens is 3. The highest BCUT2D eigenvalue weighted by atomic mass is 19.4. The summed E-state index contributed by atoms with van der Waals surface area (Å²) >= 11 is 0. The van der Waals surface area contributed by atoms with Crippen molar-refractivity contribution in [1.29, 1.82) is 0 Å². The first-order valence-electron chi connectivity index (χ1n) is 11.6. The minimum absolute atomic E-state index is 0.770. The molecule has 4 N–H and O–H groups in total. The number of hydrogen-bond acceptors (Lipinski definition) is 7. The number of pyridine rings is 1. The predicted octanol–water partition coefficient (Wildman–Crippen LogP) is 5.43. The Kier molecular flexibility index (Phi) is 8.44. The quantitative estimate of drug-likeness (QED) is 0.263. The van der Waals surface area contributed by atoms with Crippen molar-refractivity contribution < 1.29 is 27.8 Å². The van der Waals surface area contributed by atoms with E-state index >= 15 is 0 Å². The van der Waals surface area contributed by atoms with Crippen LogP contribution in [-0.4, -0.2) is 58.7 Å². The number of ether oxygens (including phenoxy) is 1. The van der Waals surface area contributed by atoms with E-state index in [0.717, 1.165) is 60.6 Å². The fraction of sp³-hybridized carbons (Fsp3) is 0.192. The topological polar surface area (TPSA) is 115 Å². The number of alkyl halides is 3. The van der Waals surface area contributed by atoms with E-state index in [2.05, 4.69) is 55.0 Å². The van der Waals surface area contributed by atoms with Crippen molar-refractivity contribution >= 4 is 34.7 Å². The van der Waals surface area contributed by atoms with E-state index in [1.54, 1.807) is 6.20 Å². The third kappa shape index (κ3) is 7.46. The van der Waals surface area contributed by atoms with Gasteiger partial charge in [0.15, 0.2) is 5.82 Å². The van der Waals surface area contributed by atoms with Crippen LogP contribution in [0.3, 0.4) is 0 Å². The zero-order valence-electron chi connectivity index (χ0n) is 20.1. The Morgan fingerprint density at radius 2 is 1.55 bits per heavy atom. The number of nitrogens with one attached hydrogen (secondary N) is 3. The van der Waals surface area contributed by atoms with Gasteiger partial charge in [-0.25, -0.2) is 9.78 Å². The van der Waals surface area contributed by atoms with Crippen molar-refractivity contribution in [3.8, 4) is 11.3 Å².